The van der Waals surface area contributed by atoms with Crippen LogP contribution in [0.1, 0.15) is 19.3 Å². The first kappa shape index (κ1) is 12.2. The average Bonchev–Trinajstić information content (AvgIpc) is 2.39. The van der Waals surface area contributed by atoms with Crippen LogP contribution in [0.15, 0.2) is 30.3 Å². The molecule has 1 fully saturated rings. The van der Waals surface area contributed by atoms with Crippen LogP contribution in [0.5, 0.6) is 11.5 Å². The lowest BCUT2D eigenvalue weighted by Gasteiger charge is -2.23. The van der Waals surface area contributed by atoms with Crippen LogP contribution in [0.3, 0.4) is 0 Å². The topological polar surface area (TPSA) is 38.7 Å². The van der Waals surface area contributed by atoms with Crippen molar-refractivity contribution < 1.29 is 19.0 Å². The van der Waals surface area contributed by atoms with E-state index >= 15 is 0 Å². The Labute approximate surface area is 110 Å². The molecular formula is C15H15FO3. The normalized spacial score (nSPS) is 19.5. The number of halogens is 1. The van der Waals surface area contributed by atoms with Gasteiger partial charge in [0.2, 0.25) is 0 Å². The highest BCUT2D eigenvalue weighted by atomic mass is 19.1. The van der Waals surface area contributed by atoms with Crippen LogP contribution in [-0.4, -0.2) is 18.0 Å². The van der Waals surface area contributed by atoms with E-state index in [9.17, 15) is 9.50 Å². The minimum atomic E-state index is -0.435. The zero-order chi connectivity index (χ0) is 13.2. The highest BCUT2D eigenvalue weighted by molar-refractivity contribution is 5.90. The number of hydrogen-bond donors (Lipinski definition) is 1. The monoisotopic (exact) mass is 262 g/mol. The molecule has 0 aromatic heterocycles. The van der Waals surface area contributed by atoms with Crippen LogP contribution in [0.25, 0.3) is 10.8 Å². The number of phenols is 1. The van der Waals surface area contributed by atoms with Gasteiger partial charge in [-0.3, -0.25) is 0 Å². The van der Waals surface area contributed by atoms with Gasteiger partial charge in [0.05, 0.1) is 12.0 Å². The first-order chi connectivity index (χ1) is 9.24. The maximum atomic E-state index is 13.6. The van der Waals surface area contributed by atoms with E-state index in [0.29, 0.717) is 17.7 Å². The Bertz CT molecular complexity index is 591. The van der Waals surface area contributed by atoms with E-state index in [0.717, 1.165) is 19.3 Å². The molecule has 3 nitrogen and oxygen atoms in total. The van der Waals surface area contributed by atoms with Gasteiger partial charge in [0, 0.05) is 12.5 Å². The largest absolute Gasteiger partial charge is 0.507 e. The molecule has 1 heterocycles. The quantitative estimate of drug-likeness (QED) is 0.898. The molecule has 4 heteroatoms. The number of fused-ring (bicyclic) bond motifs is 1. The van der Waals surface area contributed by atoms with Crippen molar-refractivity contribution in [2.45, 2.75) is 25.6 Å². The van der Waals surface area contributed by atoms with Crippen molar-refractivity contribution in [2.75, 3.05) is 6.61 Å². The molecule has 0 radical (unpaired) electrons. The molecule has 19 heavy (non-hydrogen) atoms. The highest BCUT2D eigenvalue weighted by Crippen LogP contribution is 2.33. The lowest BCUT2D eigenvalue weighted by Crippen LogP contribution is -2.24. The molecule has 0 spiro atoms. The van der Waals surface area contributed by atoms with E-state index in [1.165, 1.54) is 12.1 Å². The molecule has 3 rings (SSSR count). The molecule has 1 aliphatic rings. The van der Waals surface area contributed by atoms with Crippen LogP contribution in [0.2, 0.25) is 0 Å². The molecule has 1 N–H and O–H groups in total. The molecule has 1 saturated heterocycles. The Balaban J connectivity index is 1.92. The molecule has 0 amide bonds. The summed E-state index contributed by atoms with van der Waals surface area (Å²) in [6, 6.07) is 7.83. The number of hydrogen-bond acceptors (Lipinski definition) is 3. The summed E-state index contributed by atoms with van der Waals surface area (Å²) in [6.07, 6.45) is 2.67. The van der Waals surface area contributed by atoms with Gasteiger partial charge in [-0.2, -0.15) is 0 Å². The summed E-state index contributed by atoms with van der Waals surface area (Å²) in [6.45, 7) is 0.693. The molecular weight excluding hydrogens is 247 g/mol. The van der Waals surface area contributed by atoms with Gasteiger partial charge in [-0.25, -0.2) is 4.39 Å². The molecule has 1 atom stereocenters. The first-order valence-electron chi connectivity index (χ1n) is 6.43. The zero-order valence-electron chi connectivity index (χ0n) is 10.4. The van der Waals surface area contributed by atoms with Crippen LogP contribution < -0.4 is 4.74 Å². The molecule has 0 bridgehead atoms. The summed E-state index contributed by atoms with van der Waals surface area (Å²) in [5, 5.41) is 10.7. The molecule has 2 aromatic carbocycles. The van der Waals surface area contributed by atoms with Gasteiger partial charge in [-0.05, 0) is 30.4 Å². The fraction of sp³-hybridized carbons (Fsp3) is 0.333. The lowest BCUT2D eigenvalue weighted by molar-refractivity contribution is -0.105. The van der Waals surface area contributed by atoms with Gasteiger partial charge in [0.25, 0.3) is 0 Å². The smallest absolute Gasteiger partial charge is 0.199 e. The third-order valence-electron chi connectivity index (χ3n) is 3.28. The van der Waals surface area contributed by atoms with E-state index in [1.54, 1.807) is 18.2 Å². The Kier molecular flexibility index (Phi) is 3.25. The van der Waals surface area contributed by atoms with Crippen molar-refractivity contribution >= 4 is 10.8 Å². The molecule has 0 saturated carbocycles. The lowest BCUT2D eigenvalue weighted by atomic mass is 10.1. The van der Waals surface area contributed by atoms with Crippen LogP contribution in [-0.2, 0) is 4.74 Å². The van der Waals surface area contributed by atoms with Gasteiger partial charge in [-0.1, -0.05) is 12.1 Å². The van der Waals surface area contributed by atoms with Crippen molar-refractivity contribution in [3.63, 3.8) is 0 Å². The van der Waals surface area contributed by atoms with Gasteiger partial charge in [0.1, 0.15) is 17.3 Å². The van der Waals surface area contributed by atoms with E-state index < -0.39 is 5.82 Å². The van der Waals surface area contributed by atoms with E-state index in [2.05, 4.69) is 0 Å². The van der Waals surface area contributed by atoms with Crippen LogP contribution >= 0.6 is 0 Å². The van der Waals surface area contributed by atoms with E-state index in [-0.39, 0.29) is 17.4 Å². The average molecular weight is 262 g/mol. The van der Waals surface area contributed by atoms with Crippen LogP contribution in [0.4, 0.5) is 4.39 Å². The predicted octanol–water partition coefficient (Wildman–Crippen LogP) is 3.59. The van der Waals surface area contributed by atoms with Crippen molar-refractivity contribution in [2.24, 2.45) is 0 Å². The van der Waals surface area contributed by atoms with Crippen molar-refractivity contribution in [3.8, 4) is 11.5 Å². The number of benzene rings is 2. The maximum Gasteiger partial charge on any atom is 0.199 e. The summed E-state index contributed by atoms with van der Waals surface area (Å²) in [4.78, 5) is 0. The van der Waals surface area contributed by atoms with Crippen LogP contribution in [0, 0.1) is 5.82 Å². The SMILES string of the molecule is Oc1cc(OC2CCCCO2)cc2cccc(F)c12. The molecule has 0 aliphatic carbocycles. The second-order valence-corrected chi connectivity index (χ2v) is 4.69. The summed E-state index contributed by atoms with van der Waals surface area (Å²) in [5.41, 5.74) is 0. The zero-order valence-corrected chi connectivity index (χ0v) is 10.4. The highest BCUT2D eigenvalue weighted by Gasteiger charge is 2.16. The van der Waals surface area contributed by atoms with E-state index in [4.69, 9.17) is 9.47 Å². The Morgan fingerprint density at radius 1 is 1.26 bits per heavy atom. The Morgan fingerprint density at radius 3 is 2.95 bits per heavy atom. The fourth-order valence-corrected chi connectivity index (χ4v) is 2.36. The van der Waals surface area contributed by atoms with Gasteiger partial charge in [-0.15, -0.1) is 0 Å². The number of ether oxygens (including phenoxy) is 2. The molecule has 1 unspecified atom stereocenters. The Hall–Kier alpha value is -1.81. The number of phenolic OH excluding ortho intramolecular Hbond substituents is 1. The second-order valence-electron chi connectivity index (χ2n) is 4.69. The third kappa shape index (κ3) is 2.49. The molecule has 100 valence electrons. The van der Waals surface area contributed by atoms with Gasteiger partial charge >= 0.3 is 0 Å². The minimum absolute atomic E-state index is 0.110. The number of rotatable bonds is 2. The summed E-state index contributed by atoms with van der Waals surface area (Å²) < 4.78 is 24.8. The first-order valence-corrected chi connectivity index (χ1v) is 6.43. The minimum Gasteiger partial charge on any atom is -0.507 e. The molecule has 1 aliphatic heterocycles. The summed E-state index contributed by atoms with van der Waals surface area (Å²) >= 11 is 0. The van der Waals surface area contributed by atoms with Gasteiger partial charge in [0.15, 0.2) is 6.29 Å². The van der Waals surface area contributed by atoms with Crippen molar-refractivity contribution in [1.29, 1.82) is 0 Å². The molecule has 2 aromatic rings. The van der Waals surface area contributed by atoms with E-state index in [1.807, 2.05) is 0 Å². The standard InChI is InChI=1S/C15H15FO3/c16-12-5-3-4-10-8-11(9-13(17)15(10)12)19-14-6-1-2-7-18-14/h3-5,8-9,14,17H,1-2,6-7H2. The van der Waals surface area contributed by atoms with Gasteiger partial charge < -0.3 is 14.6 Å². The fourth-order valence-electron chi connectivity index (χ4n) is 2.36. The Morgan fingerprint density at radius 2 is 2.16 bits per heavy atom. The summed E-state index contributed by atoms with van der Waals surface area (Å²) in [7, 11) is 0. The number of aromatic hydroxyl groups is 1. The third-order valence-corrected chi connectivity index (χ3v) is 3.28. The summed E-state index contributed by atoms with van der Waals surface area (Å²) in [5.74, 6) is -0.0422. The van der Waals surface area contributed by atoms with Crippen molar-refractivity contribution in [3.05, 3.63) is 36.1 Å². The van der Waals surface area contributed by atoms with Crippen molar-refractivity contribution in [1.82, 2.24) is 0 Å². The predicted molar refractivity (Wildman–Crippen MR) is 69.8 cm³/mol. The second kappa shape index (κ2) is 5.05. The maximum absolute atomic E-state index is 13.6.